The maximum Gasteiger partial charge on any atom is 0.310 e. The van der Waals surface area contributed by atoms with Gasteiger partial charge in [0.2, 0.25) is 0 Å². The third kappa shape index (κ3) is 29.9. The van der Waals surface area contributed by atoms with E-state index in [2.05, 4.69) is 27.7 Å². The first-order valence-corrected chi connectivity index (χ1v) is 17.4. The summed E-state index contributed by atoms with van der Waals surface area (Å²) in [6.07, 6.45) is 26.2. The SMILES string of the molecule is CC(C)CCCCCCCCCCCC(=O)OC(CCCCCCCCCCCC(C)C)CC(=O)OC(C)(C)C. The van der Waals surface area contributed by atoms with Crippen LogP contribution in [0.1, 0.15) is 196 Å². The average Bonchev–Trinajstić information content (AvgIpc) is 2.84. The van der Waals surface area contributed by atoms with Crippen molar-refractivity contribution in [2.75, 3.05) is 0 Å². The molecule has 0 spiro atoms. The Morgan fingerprint density at radius 2 is 0.850 bits per heavy atom. The predicted octanol–water partition coefficient (Wildman–Crippen LogP) is 11.5. The van der Waals surface area contributed by atoms with Crippen LogP contribution in [-0.4, -0.2) is 23.6 Å². The largest absolute Gasteiger partial charge is 0.462 e. The van der Waals surface area contributed by atoms with E-state index in [1.165, 1.54) is 103 Å². The van der Waals surface area contributed by atoms with Crippen molar-refractivity contribution in [3.63, 3.8) is 0 Å². The highest BCUT2D eigenvalue weighted by molar-refractivity contribution is 5.72. The van der Waals surface area contributed by atoms with Gasteiger partial charge in [0.15, 0.2) is 0 Å². The van der Waals surface area contributed by atoms with Gasteiger partial charge in [-0.1, -0.05) is 143 Å². The van der Waals surface area contributed by atoms with Gasteiger partial charge < -0.3 is 9.47 Å². The molecule has 0 amide bonds. The minimum absolute atomic E-state index is 0.156. The number of ether oxygens (including phenoxy) is 2. The van der Waals surface area contributed by atoms with Gasteiger partial charge in [0.1, 0.15) is 11.7 Å². The van der Waals surface area contributed by atoms with Crippen LogP contribution < -0.4 is 0 Å². The number of hydrogen-bond acceptors (Lipinski definition) is 4. The van der Waals surface area contributed by atoms with Crippen molar-refractivity contribution < 1.29 is 19.1 Å². The zero-order chi connectivity index (χ0) is 30.1. The Labute approximate surface area is 250 Å². The van der Waals surface area contributed by atoms with E-state index in [4.69, 9.17) is 9.47 Å². The maximum absolute atomic E-state index is 12.5. The highest BCUT2D eigenvalue weighted by atomic mass is 16.6. The molecule has 40 heavy (non-hydrogen) atoms. The summed E-state index contributed by atoms with van der Waals surface area (Å²) in [5.41, 5.74) is -0.519. The van der Waals surface area contributed by atoms with E-state index in [1.54, 1.807) is 0 Å². The second kappa shape index (κ2) is 25.6. The van der Waals surface area contributed by atoms with E-state index in [1.807, 2.05) is 20.8 Å². The van der Waals surface area contributed by atoms with Crippen LogP contribution in [0.4, 0.5) is 0 Å². The fraction of sp³-hybridized carbons (Fsp3) is 0.944. The molecular weight excluding hydrogens is 496 g/mol. The molecule has 0 N–H and O–H groups in total. The van der Waals surface area contributed by atoms with Crippen molar-refractivity contribution in [3.05, 3.63) is 0 Å². The molecule has 4 nitrogen and oxygen atoms in total. The molecule has 0 aromatic rings. The van der Waals surface area contributed by atoms with Gasteiger partial charge in [0.25, 0.3) is 0 Å². The lowest BCUT2D eigenvalue weighted by atomic mass is 10.0. The van der Waals surface area contributed by atoms with Gasteiger partial charge in [0.05, 0.1) is 6.42 Å². The summed E-state index contributed by atoms with van der Waals surface area (Å²) in [6.45, 7) is 14.8. The van der Waals surface area contributed by atoms with Gasteiger partial charge in [-0.15, -0.1) is 0 Å². The molecule has 0 fully saturated rings. The monoisotopic (exact) mass is 567 g/mol. The topological polar surface area (TPSA) is 52.6 Å². The van der Waals surface area contributed by atoms with Gasteiger partial charge >= 0.3 is 11.9 Å². The van der Waals surface area contributed by atoms with E-state index in [0.717, 1.165) is 43.9 Å². The molecule has 0 saturated heterocycles. The summed E-state index contributed by atoms with van der Waals surface area (Å²) < 4.78 is 11.3. The van der Waals surface area contributed by atoms with Crippen LogP contribution in [0.2, 0.25) is 0 Å². The number of rotatable bonds is 27. The molecule has 0 bridgehead atoms. The minimum Gasteiger partial charge on any atom is -0.462 e. The highest BCUT2D eigenvalue weighted by Gasteiger charge is 2.23. The van der Waals surface area contributed by atoms with Crippen LogP contribution >= 0.6 is 0 Å². The fourth-order valence-corrected chi connectivity index (χ4v) is 5.24. The van der Waals surface area contributed by atoms with Crippen LogP contribution in [0.25, 0.3) is 0 Å². The fourth-order valence-electron chi connectivity index (χ4n) is 5.24. The molecule has 1 atom stereocenters. The molecule has 0 aromatic carbocycles. The van der Waals surface area contributed by atoms with Gasteiger partial charge in [-0.25, -0.2) is 0 Å². The number of esters is 2. The summed E-state index contributed by atoms with van der Waals surface area (Å²) in [5.74, 6) is 1.23. The predicted molar refractivity (Wildman–Crippen MR) is 172 cm³/mol. The summed E-state index contributed by atoms with van der Waals surface area (Å²) >= 11 is 0. The summed E-state index contributed by atoms with van der Waals surface area (Å²) in [7, 11) is 0. The lowest BCUT2D eigenvalue weighted by Gasteiger charge is -2.22. The second-order valence-corrected chi connectivity index (χ2v) is 14.2. The second-order valence-electron chi connectivity index (χ2n) is 14.2. The van der Waals surface area contributed by atoms with Crippen molar-refractivity contribution in [3.8, 4) is 0 Å². The van der Waals surface area contributed by atoms with Crippen molar-refractivity contribution in [2.24, 2.45) is 11.8 Å². The van der Waals surface area contributed by atoms with Crippen LogP contribution in [0, 0.1) is 11.8 Å². The Balaban J connectivity index is 4.09. The molecule has 0 radical (unpaired) electrons. The van der Waals surface area contributed by atoms with E-state index in [9.17, 15) is 9.59 Å². The van der Waals surface area contributed by atoms with Gasteiger partial charge in [0, 0.05) is 6.42 Å². The van der Waals surface area contributed by atoms with Gasteiger partial charge in [-0.2, -0.15) is 0 Å². The molecule has 1 unspecified atom stereocenters. The molecule has 0 aliphatic heterocycles. The van der Waals surface area contributed by atoms with Gasteiger partial charge in [-0.3, -0.25) is 9.59 Å². The van der Waals surface area contributed by atoms with E-state index >= 15 is 0 Å². The molecule has 0 heterocycles. The standard InChI is InChI=1S/C36H70O4/c1-31(2)26-22-18-14-10-8-12-16-20-24-28-33(30-35(38)40-36(5,6)7)39-34(37)29-25-21-17-13-9-11-15-19-23-27-32(3)4/h31-33H,8-30H2,1-7H3. The molecule has 0 aliphatic carbocycles. The van der Waals surface area contributed by atoms with Crippen LogP contribution in [0.5, 0.6) is 0 Å². The maximum atomic E-state index is 12.5. The van der Waals surface area contributed by atoms with Crippen molar-refractivity contribution in [2.45, 2.75) is 208 Å². The van der Waals surface area contributed by atoms with Crippen molar-refractivity contribution in [1.29, 1.82) is 0 Å². The zero-order valence-electron chi connectivity index (χ0n) is 28.1. The van der Waals surface area contributed by atoms with E-state index < -0.39 is 5.60 Å². The Hall–Kier alpha value is -1.06. The normalized spacial score (nSPS) is 12.7. The molecule has 0 saturated carbocycles. The molecule has 0 aliphatic rings. The number of unbranched alkanes of at least 4 members (excludes halogenated alkanes) is 16. The number of hydrogen-bond donors (Lipinski definition) is 0. The molecule has 4 heteroatoms. The zero-order valence-corrected chi connectivity index (χ0v) is 28.1. The van der Waals surface area contributed by atoms with Crippen molar-refractivity contribution >= 4 is 11.9 Å². The first kappa shape index (κ1) is 38.9. The Morgan fingerprint density at radius 3 is 1.23 bits per heavy atom. The molecule has 0 aromatic heterocycles. The first-order valence-electron chi connectivity index (χ1n) is 17.4. The Bertz CT molecular complexity index is 590. The summed E-state index contributed by atoms with van der Waals surface area (Å²) in [6, 6.07) is 0. The molecule has 0 rings (SSSR count). The van der Waals surface area contributed by atoms with Crippen LogP contribution in [0.3, 0.4) is 0 Å². The van der Waals surface area contributed by atoms with Crippen LogP contribution in [0.15, 0.2) is 0 Å². The van der Waals surface area contributed by atoms with E-state index in [0.29, 0.717) is 6.42 Å². The van der Waals surface area contributed by atoms with Crippen LogP contribution in [-0.2, 0) is 19.1 Å². The lowest BCUT2D eigenvalue weighted by molar-refractivity contribution is -0.161. The number of carbonyl (C=O) groups excluding carboxylic acids is 2. The summed E-state index contributed by atoms with van der Waals surface area (Å²) in [5, 5.41) is 0. The van der Waals surface area contributed by atoms with Crippen molar-refractivity contribution in [1.82, 2.24) is 0 Å². The molecular formula is C36H70O4. The van der Waals surface area contributed by atoms with Gasteiger partial charge in [-0.05, 0) is 51.9 Å². The molecule has 238 valence electrons. The lowest BCUT2D eigenvalue weighted by Crippen LogP contribution is -2.28. The first-order chi connectivity index (χ1) is 19.0. The summed E-state index contributed by atoms with van der Waals surface area (Å²) in [4.78, 5) is 25.0. The minimum atomic E-state index is -0.519. The Kier molecular flexibility index (Phi) is 25.0. The quantitative estimate of drug-likeness (QED) is 0.0733. The Morgan fingerprint density at radius 1 is 0.500 bits per heavy atom. The van der Waals surface area contributed by atoms with E-state index in [-0.39, 0.29) is 24.5 Å². The smallest absolute Gasteiger partial charge is 0.310 e. The highest BCUT2D eigenvalue weighted by Crippen LogP contribution is 2.19. The number of carbonyl (C=O) groups is 2. The average molecular weight is 567 g/mol. The third-order valence-corrected chi connectivity index (χ3v) is 7.58. The third-order valence-electron chi connectivity index (χ3n) is 7.58.